The third-order valence-corrected chi connectivity index (χ3v) is 0. The van der Waals surface area contributed by atoms with Crippen LogP contribution < -0.4 is 0 Å². The zero-order valence-electron chi connectivity index (χ0n) is 2.21. The van der Waals surface area contributed by atoms with Gasteiger partial charge in [-0.05, 0) is 0 Å². The van der Waals surface area contributed by atoms with Crippen molar-refractivity contribution in [2.75, 3.05) is 0 Å². The smallest absolute Gasteiger partial charge is 2.00 e. The van der Waals surface area contributed by atoms with E-state index in [2.05, 4.69) is 0 Å². The van der Waals surface area contributed by atoms with Crippen LogP contribution in [-0.2, 0) is 33.8 Å². The van der Waals surface area contributed by atoms with Crippen LogP contribution in [0.15, 0.2) is 0 Å². The minimum atomic E-state index is 0. The Hall–Kier alpha value is 0.945. The van der Waals surface area contributed by atoms with Gasteiger partial charge in [-0.2, -0.15) is 0 Å². The zero-order valence-corrected chi connectivity index (χ0v) is 4.64. The molecule has 0 aliphatic heterocycles. The van der Waals surface area contributed by atoms with E-state index in [-0.39, 0.29) is 51.2 Å². The van der Waals surface area contributed by atoms with Crippen molar-refractivity contribution < 1.29 is 33.8 Å². The summed E-state index contributed by atoms with van der Waals surface area (Å²) in [4.78, 5) is 0. The van der Waals surface area contributed by atoms with E-state index in [1.807, 2.05) is 0 Å². The van der Waals surface area contributed by atoms with Crippen LogP contribution in [0.1, 0.15) is 0 Å². The molecule has 0 heterocycles. The van der Waals surface area contributed by atoms with Gasteiger partial charge in [0.05, 0.1) is 0 Å². The molecule has 0 N–H and O–H groups in total. The fraction of sp³-hybridized carbons (Fsp3) is 0. The Morgan fingerprint density at radius 2 is 0.600 bits per heavy atom. The monoisotopic (exact) mass is 127 g/mol. The summed E-state index contributed by atoms with van der Waals surface area (Å²) in [6.07, 6.45) is 0. The predicted octanol–water partition coefficient (Wildman–Crippen LogP) is -0.740. The van der Waals surface area contributed by atoms with Gasteiger partial charge in [0, 0.05) is 0 Å². The van der Waals surface area contributed by atoms with Crippen molar-refractivity contribution in [1.82, 2.24) is 0 Å². The third kappa shape index (κ3) is 48.0. The molecule has 0 atom stereocenters. The molecule has 0 aromatic carbocycles. The Kier molecular flexibility index (Phi) is 2810. The third-order valence-electron chi connectivity index (χ3n) is 0. The normalized spacial score (nSPS) is 0. The van der Waals surface area contributed by atoms with Crippen molar-refractivity contribution in [3.63, 3.8) is 0 Å². The molecule has 5 heteroatoms. The van der Waals surface area contributed by atoms with Crippen LogP contribution in [0.25, 0.3) is 0 Å². The first-order valence-corrected chi connectivity index (χ1v) is 0. The van der Waals surface area contributed by atoms with E-state index in [0.717, 1.165) is 0 Å². The van der Waals surface area contributed by atoms with E-state index in [1.54, 1.807) is 0 Å². The summed E-state index contributed by atoms with van der Waals surface area (Å²) in [5.41, 5.74) is 0. The molecular formula is AlCrO3. The van der Waals surface area contributed by atoms with Gasteiger partial charge in [-0.3, -0.25) is 0 Å². The van der Waals surface area contributed by atoms with Crippen molar-refractivity contribution in [1.29, 1.82) is 0 Å². The first-order chi connectivity index (χ1) is 0. The van der Waals surface area contributed by atoms with Crippen LogP contribution in [0.5, 0.6) is 0 Å². The summed E-state index contributed by atoms with van der Waals surface area (Å²) in [6.45, 7) is 0. The number of hydrogen-bond acceptors (Lipinski definition) is 0. The van der Waals surface area contributed by atoms with E-state index in [4.69, 9.17) is 0 Å². The minimum absolute atomic E-state index is 0. The second-order valence-corrected chi connectivity index (χ2v) is 0. The van der Waals surface area contributed by atoms with Crippen LogP contribution in [0.3, 0.4) is 0 Å². The SMILES string of the molecule is [Al+3].[Cr+3].[O-2].[O-2].[O-2]. The Morgan fingerprint density at radius 3 is 0.600 bits per heavy atom. The fourth-order valence-electron chi connectivity index (χ4n) is 0. The second kappa shape index (κ2) is 86.2. The molecule has 0 aromatic rings. The minimum Gasteiger partial charge on any atom is -2.00 e. The van der Waals surface area contributed by atoms with Crippen molar-refractivity contribution >= 4 is 17.4 Å². The van der Waals surface area contributed by atoms with Gasteiger partial charge in [0.25, 0.3) is 0 Å². The molecule has 0 bridgehead atoms. The topological polar surface area (TPSA) is 85.5 Å². The first-order valence-electron chi connectivity index (χ1n) is 0. The predicted molar refractivity (Wildman–Crippen MR) is 7.81 cm³/mol. The largest absolute Gasteiger partial charge is 3.00 e. The van der Waals surface area contributed by atoms with Crippen LogP contribution in [-0.4, -0.2) is 17.4 Å². The fourth-order valence-corrected chi connectivity index (χ4v) is 0. The molecule has 0 fully saturated rings. The molecule has 0 aliphatic carbocycles. The average molecular weight is 127 g/mol. The maximum Gasteiger partial charge on any atom is 3.00 e. The zero-order chi connectivity index (χ0) is 0. The number of hydrogen-bond donors (Lipinski definition) is 0. The second-order valence-electron chi connectivity index (χ2n) is 0. The molecule has 0 amide bonds. The van der Waals surface area contributed by atoms with E-state index in [9.17, 15) is 0 Å². The molecule has 5 heavy (non-hydrogen) atoms. The van der Waals surface area contributed by atoms with Crippen LogP contribution in [0, 0.1) is 0 Å². The summed E-state index contributed by atoms with van der Waals surface area (Å²) in [5, 5.41) is 0. The number of rotatable bonds is 0. The maximum absolute atomic E-state index is 0. The molecule has 0 unspecified atom stereocenters. The van der Waals surface area contributed by atoms with Gasteiger partial charge in [0.2, 0.25) is 0 Å². The summed E-state index contributed by atoms with van der Waals surface area (Å²) >= 11 is 0. The average Bonchev–Trinajstić information content (AvgIpc) is 0. The standard InChI is InChI=1S/Al.Cr.3O/q2*+3;3*-2. The van der Waals surface area contributed by atoms with Gasteiger partial charge in [-0.25, -0.2) is 0 Å². The van der Waals surface area contributed by atoms with E-state index < -0.39 is 0 Å². The van der Waals surface area contributed by atoms with Crippen molar-refractivity contribution in [3.05, 3.63) is 0 Å². The molecular weight excluding hydrogens is 127 g/mol. The van der Waals surface area contributed by atoms with Gasteiger partial charge in [-0.15, -0.1) is 0 Å². The van der Waals surface area contributed by atoms with E-state index >= 15 is 0 Å². The van der Waals surface area contributed by atoms with E-state index in [1.165, 1.54) is 0 Å². The van der Waals surface area contributed by atoms with Gasteiger partial charge >= 0.3 is 34.7 Å². The van der Waals surface area contributed by atoms with Crippen molar-refractivity contribution in [3.8, 4) is 0 Å². The van der Waals surface area contributed by atoms with Gasteiger partial charge < -0.3 is 16.4 Å². The molecule has 0 saturated heterocycles. The molecule has 0 aromatic heterocycles. The Balaban J connectivity index is 0. The Labute approximate surface area is 51.6 Å². The molecule has 1 radical (unpaired) electrons. The van der Waals surface area contributed by atoms with Crippen LogP contribution in [0.2, 0.25) is 0 Å². The summed E-state index contributed by atoms with van der Waals surface area (Å²) < 4.78 is 0. The maximum atomic E-state index is 0. The molecule has 0 aliphatic rings. The van der Waals surface area contributed by atoms with Gasteiger partial charge in [0.15, 0.2) is 0 Å². The first kappa shape index (κ1) is 163. The Bertz CT molecular complexity index is 6.85. The van der Waals surface area contributed by atoms with Crippen LogP contribution in [0.4, 0.5) is 0 Å². The van der Waals surface area contributed by atoms with Crippen molar-refractivity contribution in [2.24, 2.45) is 0 Å². The molecule has 0 saturated carbocycles. The molecule has 27 valence electrons. The summed E-state index contributed by atoms with van der Waals surface area (Å²) in [7, 11) is 0. The molecule has 0 spiro atoms. The van der Waals surface area contributed by atoms with Gasteiger partial charge in [0.1, 0.15) is 0 Å². The van der Waals surface area contributed by atoms with E-state index in [0.29, 0.717) is 0 Å². The van der Waals surface area contributed by atoms with Gasteiger partial charge in [-0.1, -0.05) is 0 Å². The van der Waals surface area contributed by atoms with Crippen LogP contribution >= 0.6 is 0 Å². The Morgan fingerprint density at radius 1 is 0.600 bits per heavy atom. The summed E-state index contributed by atoms with van der Waals surface area (Å²) in [6, 6.07) is 0. The molecule has 0 rings (SSSR count). The van der Waals surface area contributed by atoms with Crippen molar-refractivity contribution in [2.45, 2.75) is 0 Å². The molecule has 3 nitrogen and oxygen atoms in total. The summed E-state index contributed by atoms with van der Waals surface area (Å²) in [5.74, 6) is 0. The quantitative estimate of drug-likeness (QED) is 0.384.